The fraction of sp³-hybridized carbons (Fsp3) is 0.550. The highest BCUT2D eigenvalue weighted by atomic mass is 16.6. The highest BCUT2D eigenvalue weighted by molar-refractivity contribution is 5.71. The molecule has 1 aromatic carbocycles. The number of rotatable bonds is 7. The van der Waals surface area contributed by atoms with Crippen molar-refractivity contribution in [3.8, 4) is 0 Å². The molecular formula is C20H28N2O5. The van der Waals surface area contributed by atoms with Gasteiger partial charge in [0.2, 0.25) is 5.72 Å². The van der Waals surface area contributed by atoms with E-state index in [1.54, 1.807) is 26.8 Å². The zero-order valence-electron chi connectivity index (χ0n) is 16.1. The molecule has 3 unspecified atom stereocenters. The highest BCUT2D eigenvalue weighted by Crippen LogP contribution is 2.31. The minimum absolute atomic E-state index is 0.475. The lowest BCUT2D eigenvalue weighted by molar-refractivity contribution is -0.556. The van der Waals surface area contributed by atoms with Gasteiger partial charge in [-0.25, -0.2) is 0 Å². The van der Waals surface area contributed by atoms with Crippen molar-refractivity contribution in [2.75, 3.05) is 0 Å². The number of benzene rings is 1. The van der Waals surface area contributed by atoms with E-state index >= 15 is 0 Å². The second-order valence-corrected chi connectivity index (χ2v) is 7.96. The molecule has 27 heavy (non-hydrogen) atoms. The number of hydrogen-bond donors (Lipinski definition) is 2. The minimum Gasteiger partial charge on any atom is -0.460 e. The van der Waals surface area contributed by atoms with Crippen LogP contribution in [0.3, 0.4) is 0 Å². The average Bonchev–Trinajstić information content (AvgIpc) is 2.53. The first-order chi connectivity index (χ1) is 12.6. The van der Waals surface area contributed by atoms with E-state index in [1.807, 2.05) is 30.3 Å². The lowest BCUT2D eigenvalue weighted by Gasteiger charge is -2.37. The normalized spacial score (nSPS) is 24.9. The average molecular weight is 376 g/mol. The van der Waals surface area contributed by atoms with Gasteiger partial charge < -0.3 is 15.2 Å². The summed E-state index contributed by atoms with van der Waals surface area (Å²) >= 11 is 0. The fourth-order valence-electron chi connectivity index (χ4n) is 3.39. The van der Waals surface area contributed by atoms with Crippen molar-refractivity contribution in [3.63, 3.8) is 0 Å². The van der Waals surface area contributed by atoms with Crippen molar-refractivity contribution in [1.82, 2.24) is 5.32 Å². The summed E-state index contributed by atoms with van der Waals surface area (Å²) in [6, 6.07) is 8.56. The van der Waals surface area contributed by atoms with Crippen molar-refractivity contribution in [1.29, 1.82) is 0 Å². The first-order valence-corrected chi connectivity index (χ1v) is 9.17. The van der Waals surface area contributed by atoms with Crippen LogP contribution in [0.5, 0.6) is 0 Å². The van der Waals surface area contributed by atoms with Crippen LogP contribution in [-0.4, -0.2) is 33.4 Å². The second-order valence-electron chi connectivity index (χ2n) is 7.96. The molecule has 148 valence electrons. The molecule has 1 heterocycles. The third kappa shape index (κ3) is 6.06. The molecule has 0 saturated heterocycles. The van der Waals surface area contributed by atoms with Crippen molar-refractivity contribution in [2.24, 2.45) is 5.92 Å². The molecule has 7 nitrogen and oxygen atoms in total. The fourth-order valence-corrected chi connectivity index (χ4v) is 3.39. The summed E-state index contributed by atoms with van der Waals surface area (Å²) in [5.74, 6) is -1.15. The molecule has 0 spiro atoms. The summed E-state index contributed by atoms with van der Waals surface area (Å²) in [7, 11) is 0. The molecular weight excluding hydrogens is 348 g/mol. The Morgan fingerprint density at radius 1 is 1.33 bits per heavy atom. The van der Waals surface area contributed by atoms with E-state index in [2.05, 4.69) is 5.32 Å². The molecule has 7 heteroatoms. The van der Waals surface area contributed by atoms with Gasteiger partial charge in [0.15, 0.2) is 0 Å². The van der Waals surface area contributed by atoms with Crippen molar-refractivity contribution in [3.05, 3.63) is 58.3 Å². The van der Waals surface area contributed by atoms with E-state index < -0.39 is 40.6 Å². The highest BCUT2D eigenvalue weighted by Gasteiger charge is 2.52. The Balaban J connectivity index is 2.05. The molecule has 0 aliphatic carbocycles. The summed E-state index contributed by atoms with van der Waals surface area (Å²) in [5.41, 5.74) is -1.54. The molecule has 0 fully saturated rings. The molecule has 0 amide bonds. The maximum absolute atomic E-state index is 12.1. The van der Waals surface area contributed by atoms with E-state index in [0.29, 0.717) is 6.42 Å². The number of esters is 1. The van der Waals surface area contributed by atoms with E-state index in [9.17, 15) is 20.0 Å². The van der Waals surface area contributed by atoms with Crippen molar-refractivity contribution >= 4 is 5.97 Å². The Morgan fingerprint density at radius 2 is 2.00 bits per heavy atom. The Morgan fingerprint density at radius 3 is 2.59 bits per heavy atom. The molecule has 2 N–H and O–H groups in total. The zero-order valence-corrected chi connectivity index (χ0v) is 16.1. The molecule has 3 atom stereocenters. The number of aliphatic hydroxyl groups is 1. The van der Waals surface area contributed by atoms with Crippen LogP contribution in [0, 0.1) is 16.0 Å². The number of ether oxygens (including phenoxy) is 1. The van der Waals surface area contributed by atoms with Gasteiger partial charge >= 0.3 is 5.97 Å². The molecule has 0 radical (unpaired) electrons. The van der Waals surface area contributed by atoms with Crippen molar-refractivity contribution in [2.45, 2.75) is 63.8 Å². The van der Waals surface area contributed by atoms with Crippen LogP contribution in [0.15, 0.2) is 42.6 Å². The maximum atomic E-state index is 12.1. The van der Waals surface area contributed by atoms with Gasteiger partial charge in [0.25, 0.3) is 6.04 Å². The second kappa shape index (κ2) is 8.52. The summed E-state index contributed by atoms with van der Waals surface area (Å²) in [5, 5.41) is 25.2. The number of hydrogen-bond acceptors (Lipinski definition) is 6. The first kappa shape index (κ1) is 20.9. The van der Waals surface area contributed by atoms with E-state index in [1.165, 1.54) is 6.20 Å². The Kier molecular flexibility index (Phi) is 6.59. The quantitative estimate of drug-likeness (QED) is 0.431. The van der Waals surface area contributed by atoms with Gasteiger partial charge in [0, 0.05) is 4.92 Å². The third-order valence-corrected chi connectivity index (χ3v) is 4.48. The zero-order chi connectivity index (χ0) is 20.1. The number of nitrogens with zero attached hydrogens (tertiary/aromatic N) is 1. The first-order valence-electron chi connectivity index (χ1n) is 9.17. The SMILES string of the molecule is CC(C)(C)OC(=O)CC1(O)NC=CC(CCCc2ccccc2)C1[N+](=O)[O-]. The molecule has 0 bridgehead atoms. The van der Waals surface area contributed by atoms with Gasteiger partial charge in [0.1, 0.15) is 12.0 Å². The summed E-state index contributed by atoms with van der Waals surface area (Å²) in [6.07, 6.45) is 4.78. The van der Waals surface area contributed by atoms with Crippen LogP contribution in [-0.2, 0) is 16.0 Å². The Bertz CT molecular complexity index is 683. The summed E-state index contributed by atoms with van der Waals surface area (Å²) in [6.45, 7) is 5.13. The van der Waals surface area contributed by atoms with Gasteiger partial charge in [-0.3, -0.25) is 14.9 Å². The molecule has 2 rings (SSSR count). The number of nitro groups is 1. The van der Waals surface area contributed by atoms with Crippen LogP contribution in [0.2, 0.25) is 0 Å². The molecule has 0 aromatic heterocycles. The number of carbonyl (C=O) groups is 1. The molecule has 0 saturated carbocycles. The molecule has 1 aliphatic rings. The van der Waals surface area contributed by atoms with Crippen LogP contribution in [0.4, 0.5) is 0 Å². The lowest BCUT2D eigenvalue weighted by Crippen LogP contribution is -2.61. The van der Waals surface area contributed by atoms with Crippen LogP contribution >= 0.6 is 0 Å². The van der Waals surface area contributed by atoms with Crippen LogP contribution in [0.25, 0.3) is 0 Å². The van der Waals surface area contributed by atoms with Gasteiger partial charge in [-0.15, -0.1) is 0 Å². The van der Waals surface area contributed by atoms with E-state index in [4.69, 9.17) is 4.74 Å². The van der Waals surface area contributed by atoms with Gasteiger partial charge in [-0.05, 0) is 51.8 Å². The van der Waals surface area contributed by atoms with E-state index in [0.717, 1.165) is 18.4 Å². The van der Waals surface area contributed by atoms with Gasteiger partial charge in [-0.1, -0.05) is 36.4 Å². The third-order valence-electron chi connectivity index (χ3n) is 4.48. The van der Waals surface area contributed by atoms with Gasteiger partial charge in [-0.2, -0.15) is 0 Å². The topological polar surface area (TPSA) is 102 Å². The number of aryl methyl sites for hydroxylation is 1. The van der Waals surface area contributed by atoms with E-state index in [-0.39, 0.29) is 0 Å². The number of nitrogens with one attached hydrogen (secondary N) is 1. The Hall–Kier alpha value is -2.41. The van der Waals surface area contributed by atoms with Crippen molar-refractivity contribution < 1.29 is 19.6 Å². The number of carbonyl (C=O) groups excluding carboxylic acids is 1. The monoisotopic (exact) mass is 376 g/mol. The Labute approximate surface area is 159 Å². The standard InChI is InChI=1S/C20H28N2O5/c1-19(2,3)27-17(23)14-20(24)18(22(25)26)16(12-13-21-20)11-7-10-15-8-5-4-6-9-15/h4-6,8-9,12-13,16,18,21,24H,7,10-11,14H2,1-3H3. The maximum Gasteiger partial charge on any atom is 0.311 e. The predicted octanol–water partition coefficient (Wildman–Crippen LogP) is 2.81. The summed E-state index contributed by atoms with van der Waals surface area (Å²) in [4.78, 5) is 23.3. The largest absolute Gasteiger partial charge is 0.460 e. The van der Waals surface area contributed by atoms with Gasteiger partial charge in [0.05, 0.1) is 5.92 Å². The predicted molar refractivity (Wildman–Crippen MR) is 101 cm³/mol. The minimum atomic E-state index is -1.97. The van der Waals surface area contributed by atoms with Crippen LogP contribution in [0.1, 0.15) is 45.6 Å². The summed E-state index contributed by atoms with van der Waals surface area (Å²) < 4.78 is 5.22. The lowest BCUT2D eigenvalue weighted by atomic mass is 9.82. The molecule has 1 aliphatic heterocycles. The van der Waals surface area contributed by atoms with Crippen LogP contribution < -0.4 is 5.32 Å². The smallest absolute Gasteiger partial charge is 0.311 e. The molecule has 1 aromatic rings.